The molecular weight excluding hydrogens is 422 g/mol. The number of para-hydroxylation sites is 1. The van der Waals surface area contributed by atoms with Gasteiger partial charge in [0.1, 0.15) is 11.9 Å². The number of aromatic nitrogens is 3. The van der Waals surface area contributed by atoms with Gasteiger partial charge in [-0.25, -0.2) is 9.97 Å². The van der Waals surface area contributed by atoms with E-state index in [1.165, 1.54) is 11.3 Å². The van der Waals surface area contributed by atoms with Crippen LogP contribution in [0.2, 0.25) is 0 Å². The SMILES string of the molecule is Cc1nc2sc(N3CCCC3C(=O)NCc3ccccc3)nc2c(=O)n1-c1ccccc1. The lowest BCUT2D eigenvalue weighted by Gasteiger charge is -2.23. The molecule has 0 spiro atoms. The maximum Gasteiger partial charge on any atom is 0.285 e. The van der Waals surface area contributed by atoms with E-state index in [0.717, 1.165) is 30.6 Å². The summed E-state index contributed by atoms with van der Waals surface area (Å²) in [4.78, 5) is 38.0. The molecule has 1 fully saturated rings. The molecule has 162 valence electrons. The van der Waals surface area contributed by atoms with Crippen molar-refractivity contribution in [2.75, 3.05) is 11.4 Å². The average molecular weight is 446 g/mol. The minimum absolute atomic E-state index is 0.0172. The van der Waals surface area contributed by atoms with Gasteiger partial charge in [-0.15, -0.1) is 0 Å². The molecule has 7 nitrogen and oxygen atoms in total. The first-order valence-corrected chi connectivity index (χ1v) is 11.5. The lowest BCUT2D eigenvalue weighted by molar-refractivity contribution is -0.122. The third-order valence-corrected chi connectivity index (χ3v) is 6.70. The summed E-state index contributed by atoms with van der Waals surface area (Å²) < 4.78 is 1.58. The molecule has 3 heterocycles. The minimum atomic E-state index is -0.295. The fourth-order valence-electron chi connectivity index (χ4n) is 4.14. The van der Waals surface area contributed by atoms with Crippen molar-refractivity contribution in [3.8, 4) is 5.69 Å². The minimum Gasteiger partial charge on any atom is -0.350 e. The highest BCUT2D eigenvalue weighted by atomic mass is 32.1. The highest BCUT2D eigenvalue weighted by Gasteiger charge is 2.33. The topological polar surface area (TPSA) is 80.1 Å². The summed E-state index contributed by atoms with van der Waals surface area (Å²) in [7, 11) is 0. The number of thiazole rings is 1. The smallest absolute Gasteiger partial charge is 0.285 e. The van der Waals surface area contributed by atoms with E-state index < -0.39 is 0 Å². The summed E-state index contributed by atoms with van der Waals surface area (Å²) in [6.45, 7) is 3.05. The predicted molar refractivity (Wildman–Crippen MR) is 126 cm³/mol. The van der Waals surface area contributed by atoms with Gasteiger partial charge in [0, 0.05) is 13.1 Å². The number of nitrogens with one attached hydrogen (secondary N) is 1. The Bertz CT molecular complexity index is 1320. The predicted octanol–water partition coefficient (Wildman–Crippen LogP) is 3.44. The number of carbonyl (C=O) groups excluding carboxylic acids is 1. The van der Waals surface area contributed by atoms with Crippen LogP contribution in [0.25, 0.3) is 16.0 Å². The van der Waals surface area contributed by atoms with Gasteiger partial charge in [-0.3, -0.25) is 14.2 Å². The number of nitrogens with zero attached hydrogens (tertiary/aromatic N) is 4. The Morgan fingerprint density at radius 2 is 1.81 bits per heavy atom. The number of rotatable bonds is 5. The highest BCUT2D eigenvalue weighted by molar-refractivity contribution is 7.21. The van der Waals surface area contributed by atoms with Crippen LogP contribution in [0.5, 0.6) is 0 Å². The standard InChI is InChI=1S/C24H23N5O2S/c1-16-26-22-20(23(31)29(16)18-11-6-3-7-12-18)27-24(32-22)28-14-8-13-19(28)21(30)25-15-17-9-4-2-5-10-17/h2-7,9-12,19H,8,13-15H2,1H3,(H,25,30). The molecule has 0 aliphatic carbocycles. The van der Waals surface area contributed by atoms with Crippen molar-refractivity contribution in [3.63, 3.8) is 0 Å². The molecule has 0 radical (unpaired) electrons. The van der Waals surface area contributed by atoms with Crippen molar-refractivity contribution >= 4 is 32.7 Å². The van der Waals surface area contributed by atoms with Crippen LogP contribution in [-0.2, 0) is 11.3 Å². The van der Waals surface area contributed by atoms with Crippen molar-refractivity contribution < 1.29 is 4.79 Å². The molecule has 1 unspecified atom stereocenters. The van der Waals surface area contributed by atoms with Crippen LogP contribution in [0.15, 0.2) is 65.5 Å². The second-order valence-corrected chi connectivity index (χ2v) is 8.80. The number of fused-ring (bicyclic) bond motifs is 1. The summed E-state index contributed by atoms with van der Waals surface area (Å²) in [6.07, 6.45) is 1.66. The van der Waals surface area contributed by atoms with Crippen molar-refractivity contribution in [2.45, 2.75) is 32.4 Å². The Morgan fingerprint density at radius 3 is 2.56 bits per heavy atom. The van der Waals surface area contributed by atoms with E-state index in [4.69, 9.17) is 0 Å². The molecule has 1 aliphatic heterocycles. The molecule has 32 heavy (non-hydrogen) atoms. The zero-order valence-corrected chi connectivity index (χ0v) is 18.5. The fourth-order valence-corrected chi connectivity index (χ4v) is 5.19. The molecule has 1 N–H and O–H groups in total. The number of benzene rings is 2. The first-order chi connectivity index (χ1) is 15.6. The van der Waals surface area contributed by atoms with E-state index >= 15 is 0 Å². The van der Waals surface area contributed by atoms with Gasteiger partial charge in [0.15, 0.2) is 15.5 Å². The van der Waals surface area contributed by atoms with Crippen molar-refractivity contribution in [2.24, 2.45) is 0 Å². The van der Waals surface area contributed by atoms with Crippen LogP contribution < -0.4 is 15.8 Å². The van der Waals surface area contributed by atoms with Crippen LogP contribution in [-0.4, -0.2) is 33.0 Å². The van der Waals surface area contributed by atoms with Crippen molar-refractivity contribution in [3.05, 3.63) is 82.4 Å². The Kier molecular flexibility index (Phi) is 5.45. The van der Waals surface area contributed by atoms with Crippen molar-refractivity contribution in [1.82, 2.24) is 19.9 Å². The first-order valence-electron chi connectivity index (χ1n) is 10.7. The Labute approximate surface area is 189 Å². The molecule has 1 atom stereocenters. The van der Waals surface area contributed by atoms with Gasteiger partial charge in [-0.05, 0) is 37.5 Å². The molecule has 4 aromatic rings. The number of aryl methyl sites for hydroxylation is 1. The van der Waals surface area contributed by atoms with Crippen LogP contribution in [0.4, 0.5) is 5.13 Å². The fraction of sp³-hybridized carbons (Fsp3) is 0.250. The summed E-state index contributed by atoms with van der Waals surface area (Å²) in [5.74, 6) is 0.596. The number of amides is 1. The second kappa shape index (κ2) is 8.55. The highest BCUT2D eigenvalue weighted by Crippen LogP contribution is 2.32. The molecule has 1 aliphatic rings. The van der Waals surface area contributed by atoms with Gasteiger partial charge in [0.25, 0.3) is 5.56 Å². The summed E-state index contributed by atoms with van der Waals surface area (Å²) >= 11 is 1.37. The number of carbonyl (C=O) groups is 1. The number of hydrogen-bond donors (Lipinski definition) is 1. The maximum absolute atomic E-state index is 13.2. The third-order valence-electron chi connectivity index (χ3n) is 5.72. The zero-order valence-electron chi connectivity index (χ0n) is 17.7. The number of anilines is 1. The first kappa shape index (κ1) is 20.4. The van der Waals surface area contributed by atoms with E-state index in [9.17, 15) is 9.59 Å². The molecular formula is C24H23N5O2S. The Morgan fingerprint density at radius 1 is 1.09 bits per heavy atom. The van der Waals surface area contributed by atoms with Crippen LogP contribution in [0.1, 0.15) is 24.2 Å². The molecule has 8 heteroatoms. The van der Waals surface area contributed by atoms with Gasteiger partial charge in [-0.1, -0.05) is 59.9 Å². The second-order valence-electron chi connectivity index (χ2n) is 7.84. The van der Waals surface area contributed by atoms with E-state index in [1.54, 1.807) is 4.57 Å². The van der Waals surface area contributed by atoms with E-state index in [1.807, 2.05) is 72.5 Å². The largest absolute Gasteiger partial charge is 0.350 e. The summed E-state index contributed by atoms with van der Waals surface area (Å²) in [6, 6.07) is 19.0. The van der Waals surface area contributed by atoms with Gasteiger partial charge >= 0.3 is 0 Å². The quantitative estimate of drug-likeness (QED) is 0.509. The van der Waals surface area contributed by atoms with E-state index in [-0.39, 0.29) is 17.5 Å². The molecule has 1 saturated heterocycles. The molecule has 2 aromatic carbocycles. The number of hydrogen-bond acceptors (Lipinski definition) is 6. The maximum atomic E-state index is 13.2. The monoisotopic (exact) mass is 445 g/mol. The van der Waals surface area contributed by atoms with Gasteiger partial charge < -0.3 is 10.2 Å². The Balaban J connectivity index is 1.43. The lowest BCUT2D eigenvalue weighted by Crippen LogP contribution is -2.43. The van der Waals surface area contributed by atoms with Crippen LogP contribution in [0.3, 0.4) is 0 Å². The van der Waals surface area contributed by atoms with E-state index in [2.05, 4.69) is 15.3 Å². The summed E-state index contributed by atoms with van der Waals surface area (Å²) in [5.41, 5.74) is 1.98. The molecule has 2 aromatic heterocycles. The van der Waals surface area contributed by atoms with Gasteiger partial charge in [0.05, 0.1) is 5.69 Å². The lowest BCUT2D eigenvalue weighted by atomic mass is 10.2. The summed E-state index contributed by atoms with van der Waals surface area (Å²) in [5, 5.41) is 3.71. The average Bonchev–Trinajstić information content (AvgIpc) is 3.46. The Hall–Kier alpha value is -3.52. The third kappa shape index (κ3) is 3.78. The van der Waals surface area contributed by atoms with Crippen LogP contribution in [0, 0.1) is 6.92 Å². The van der Waals surface area contributed by atoms with Crippen molar-refractivity contribution in [1.29, 1.82) is 0 Å². The van der Waals surface area contributed by atoms with Crippen LogP contribution >= 0.6 is 11.3 Å². The molecule has 0 bridgehead atoms. The molecule has 1 amide bonds. The van der Waals surface area contributed by atoms with Gasteiger partial charge in [0.2, 0.25) is 5.91 Å². The van der Waals surface area contributed by atoms with Gasteiger partial charge in [-0.2, -0.15) is 0 Å². The molecule has 5 rings (SSSR count). The normalized spacial score (nSPS) is 15.9. The zero-order chi connectivity index (χ0) is 22.1. The van der Waals surface area contributed by atoms with E-state index in [0.29, 0.717) is 27.8 Å². The molecule has 0 saturated carbocycles.